The average Bonchev–Trinajstić information content (AvgIpc) is 3.91. The van der Waals surface area contributed by atoms with Crippen LogP contribution in [0.5, 0.6) is 11.5 Å². The van der Waals surface area contributed by atoms with Gasteiger partial charge in [-0.2, -0.15) is 6.07 Å². The van der Waals surface area contributed by atoms with Crippen LogP contribution in [0, 0.1) is 18.8 Å². The molecule has 5 nitrogen and oxygen atoms in total. The van der Waals surface area contributed by atoms with E-state index >= 15 is 0 Å². The summed E-state index contributed by atoms with van der Waals surface area (Å²) in [6.07, 6.45) is 1.93. The number of rotatable bonds is 10. The Bertz CT molecular complexity index is 3500. The van der Waals surface area contributed by atoms with E-state index in [4.69, 9.17) is 9.72 Å². The molecule has 9 aromatic rings. The van der Waals surface area contributed by atoms with E-state index < -0.39 is 0 Å². The van der Waals surface area contributed by atoms with Crippen molar-refractivity contribution in [2.24, 2.45) is 0 Å². The molecule has 1 aliphatic heterocycles. The zero-order valence-corrected chi connectivity index (χ0v) is 49.0. The molecule has 0 saturated heterocycles. The Kier molecular flexibility index (Phi) is 14.2. The van der Waals surface area contributed by atoms with Crippen LogP contribution in [0.25, 0.3) is 38.8 Å². The number of hydrogen-bond acceptors (Lipinski definition) is 4. The summed E-state index contributed by atoms with van der Waals surface area (Å²) in [5, 5.41) is 2.21. The van der Waals surface area contributed by atoms with Crippen LogP contribution in [-0.2, 0) is 42.7 Å². The Morgan fingerprint density at radius 2 is 1.15 bits per heavy atom. The van der Waals surface area contributed by atoms with Crippen LogP contribution in [0.4, 0.5) is 22.7 Å². The van der Waals surface area contributed by atoms with Crippen LogP contribution in [0.3, 0.4) is 0 Å². The largest absolute Gasteiger partial charge is 0.509 e. The molecule has 3 heterocycles. The molecular weight excluding hydrogens is 1100 g/mol. The third kappa shape index (κ3) is 10.2. The first-order chi connectivity index (χ1) is 35.0. The van der Waals surface area contributed by atoms with Crippen LogP contribution in [-0.4, -0.2) is 9.55 Å². The molecule has 10 rings (SSSR count). The quantitative estimate of drug-likeness (QED) is 0.128. The number of anilines is 4. The Balaban J connectivity index is 0.00000689. The maximum atomic E-state index is 7.16. The minimum absolute atomic E-state index is 0. The second kappa shape index (κ2) is 19.9. The van der Waals surface area contributed by atoms with Crippen LogP contribution >= 0.6 is 0 Å². The summed E-state index contributed by atoms with van der Waals surface area (Å²) in [6, 6.07) is 60.9. The Labute approximate surface area is 462 Å². The molecule has 0 atom stereocenters. The Morgan fingerprint density at radius 1 is 0.507 bits per heavy atom. The summed E-state index contributed by atoms with van der Waals surface area (Å²) in [5.41, 5.74) is 17.0. The molecule has 6 heteroatoms. The number of ether oxygens (including phenoxy) is 1. The van der Waals surface area contributed by atoms with Crippen molar-refractivity contribution in [3.05, 3.63) is 210 Å². The number of para-hydroxylation sites is 1. The number of nitrogens with zero attached hydrogens (tertiary/aromatic N) is 4. The molecule has 0 bridgehead atoms. The summed E-state index contributed by atoms with van der Waals surface area (Å²) in [4.78, 5) is 9.74. The van der Waals surface area contributed by atoms with Crippen LogP contribution < -0.4 is 14.5 Å². The number of pyridine rings is 1. The first kappa shape index (κ1) is 53.4. The van der Waals surface area contributed by atoms with Gasteiger partial charge in [-0.1, -0.05) is 188 Å². The molecule has 7 aromatic carbocycles. The Morgan fingerprint density at radius 3 is 1.79 bits per heavy atom. The molecule has 2 aromatic heterocycles. The van der Waals surface area contributed by atoms with Gasteiger partial charge in [-0.25, -0.2) is 4.98 Å². The Hall–Kier alpha value is -6.42. The maximum Gasteiger partial charge on any atom is 0.135 e. The fourth-order valence-electron chi connectivity index (χ4n) is 10.6. The smallest absolute Gasteiger partial charge is 0.135 e. The number of hydrogen-bond donors (Lipinski definition) is 0. The van der Waals surface area contributed by atoms with Crippen LogP contribution in [0.1, 0.15) is 155 Å². The topological polar surface area (TPSA) is 33.5 Å². The van der Waals surface area contributed by atoms with E-state index in [1.54, 1.807) is 0 Å². The van der Waals surface area contributed by atoms with Crippen molar-refractivity contribution in [2.45, 2.75) is 137 Å². The molecule has 388 valence electrons. The van der Waals surface area contributed by atoms with E-state index in [9.17, 15) is 0 Å². The molecule has 0 saturated carbocycles. The molecule has 0 fully saturated rings. The van der Waals surface area contributed by atoms with Gasteiger partial charge < -0.3 is 19.1 Å². The van der Waals surface area contributed by atoms with Gasteiger partial charge >= 0.3 is 0 Å². The van der Waals surface area contributed by atoms with Gasteiger partial charge in [0.15, 0.2) is 0 Å². The van der Waals surface area contributed by atoms with E-state index in [-0.39, 0.29) is 42.7 Å². The van der Waals surface area contributed by atoms with Gasteiger partial charge in [0.2, 0.25) is 0 Å². The second-order valence-corrected chi connectivity index (χ2v) is 24.8. The number of fused-ring (bicyclic) bond motifs is 4. The first-order valence-corrected chi connectivity index (χ1v) is 26.6. The minimum Gasteiger partial charge on any atom is -0.509 e. The van der Waals surface area contributed by atoms with Gasteiger partial charge in [0.05, 0.1) is 0 Å². The van der Waals surface area contributed by atoms with Gasteiger partial charge in [-0.05, 0) is 120 Å². The maximum absolute atomic E-state index is 7.16. The van der Waals surface area contributed by atoms with Crippen molar-refractivity contribution in [1.29, 1.82) is 0 Å². The molecule has 1 aliphatic rings. The summed E-state index contributed by atoms with van der Waals surface area (Å²) in [7, 11) is 0. The van der Waals surface area contributed by atoms with Crippen molar-refractivity contribution in [3.63, 3.8) is 0 Å². The minimum atomic E-state index is -0.248. The predicted octanol–water partition coefficient (Wildman–Crippen LogP) is 19.1. The van der Waals surface area contributed by atoms with Gasteiger partial charge in [-0.3, -0.25) is 0 Å². The predicted molar refractivity (Wildman–Crippen MR) is 313 cm³/mol. The number of benzene rings is 7. The summed E-state index contributed by atoms with van der Waals surface area (Å²) in [6.45, 7) is 36.7. The third-order valence-corrected chi connectivity index (χ3v) is 15.2. The molecule has 0 spiro atoms. The zero-order valence-electron chi connectivity index (χ0n) is 46.7. The monoisotopic (exact) mass is 1170 g/mol. The summed E-state index contributed by atoms with van der Waals surface area (Å²) < 4.78 is 9.39. The zero-order chi connectivity index (χ0) is 52.6. The molecule has 0 unspecified atom stereocenters. The molecule has 0 aliphatic carbocycles. The fourth-order valence-corrected chi connectivity index (χ4v) is 10.6. The molecule has 0 N–H and O–H groups in total. The van der Waals surface area contributed by atoms with Crippen molar-refractivity contribution in [3.8, 4) is 28.4 Å². The van der Waals surface area contributed by atoms with Crippen LogP contribution in [0.2, 0.25) is 0 Å². The average molecular weight is 1170 g/mol. The van der Waals surface area contributed by atoms with Crippen LogP contribution in [0.15, 0.2) is 152 Å². The standard InChI is InChI=1S/C69H73N4O.Pt/c1-44(2)56-25-21-26-57(45(3)4)65(56)46-34-52(72-43-71(61-31-28-48(39-63(61)72)66(5,6)7)53-37-50(67(8,9)10)36-51(38-53)68(11,12)13)41-55(35-46)74-54-29-30-59-58-24-19-20-27-60(58)73(62(59)42-54)64-40-49(32-33-70-64)69(14,15)47-22-17-16-18-23-47;/h16-40,43-45H,1-15H3;/q-3;. The first-order valence-electron chi connectivity index (χ1n) is 26.6. The molecule has 0 amide bonds. The number of aromatic nitrogens is 2. The second-order valence-electron chi connectivity index (χ2n) is 24.8. The van der Waals surface area contributed by atoms with Gasteiger partial charge in [-0.15, -0.1) is 53.6 Å². The van der Waals surface area contributed by atoms with Crippen molar-refractivity contribution < 1.29 is 25.8 Å². The van der Waals surface area contributed by atoms with E-state index in [0.29, 0.717) is 23.3 Å². The van der Waals surface area contributed by atoms with E-state index in [0.717, 1.165) is 55.9 Å². The summed E-state index contributed by atoms with van der Waals surface area (Å²) in [5.74, 6) is 2.62. The normalized spacial score (nSPS) is 13.3. The van der Waals surface area contributed by atoms with Crippen molar-refractivity contribution >= 4 is 44.6 Å². The summed E-state index contributed by atoms with van der Waals surface area (Å²) >= 11 is 0. The van der Waals surface area contributed by atoms with Gasteiger partial charge in [0.1, 0.15) is 5.82 Å². The molecule has 75 heavy (non-hydrogen) atoms. The molecular formula is C69H73N4OPt-3. The van der Waals surface area contributed by atoms with E-state index in [1.165, 1.54) is 44.5 Å². The third-order valence-electron chi connectivity index (χ3n) is 15.2. The van der Waals surface area contributed by atoms with Gasteiger partial charge in [0.25, 0.3) is 0 Å². The van der Waals surface area contributed by atoms with E-state index in [2.05, 4.69) is 277 Å². The van der Waals surface area contributed by atoms with Gasteiger partial charge in [0, 0.05) is 66.8 Å². The van der Waals surface area contributed by atoms with Crippen molar-refractivity contribution in [2.75, 3.05) is 9.80 Å². The molecule has 0 radical (unpaired) electrons. The SMILES string of the molecule is CC(C)c1cccc(C(C)C)c1-c1cc(Oc2[c-]c3c(cc2)c2ccccc2n3-c2cc(C(C)(C)c3ccccc3)ccn2)[c-]c(N2[CH-]N(c3cc(C(C)(C)C)cc(C(C)(C)C)c3)c3ccc(C(C)(C)C)cc32)c1.[Pt]. The van der Waals surface area contributed by atoms with E-state index in [1.807, 2.05) is 12.3 Å². The van der Waals surface area contributed by atoms with Crippen molar-refractivity contribution in [1.82, 2.24) is 9.55 Å². The fraction of sp³-hybridized carbons (Fsp3) is 0.304.